The van der Waals surface area contributed by atoms with Crippen LogP contribution in [-0.4, -0.2) is 45.0 Å². The van der Waals surface area contributed by atoms with Crippen LogP contribution in [0.2, 0.25) is 0 Å². The molecule has 26 heavy (non-hydrogen) atoms. The number of aromatic nitrogens is 1. The molecule has 0 unspecified atom stereocenters. The summed E-state index contributed by atoms with van der Waals surface area (Å²) in [6.07, 6.45) is 2.74. The van der Waals surface area contributed by atoms with E-state index in [1.54, 1.807) is 35.7 Å². The number of aryl methyl sites for hydroxylation is 1. The van der Waals surface area contributed by atoms with Crippen molar-refractivity contribution in [3.63, 3.8) is 0 Å². The first-order valence-corrected chi connectivity index (χ1v) is 10.8. The maximum absolute atomic E-state index is 12.2. The summed E-state index contributed by atoms with van der Waals surface area (Å²) in [5.74, 6) is -0.150. The molecule has 1 saturated heterocycles. The van der Waals surface area contributed by atoms with Crippen LogP contribution in [0.25, 0.3) is 0 Å². The predicted octanol–water partition coefficient (Wildman–Crippen LogP) is 1.52. The summed E-state index contributed by atoms with van der Waals surface area (Å²) in [5, 5.41) is 5.86. The molecule has 1 aromatic carbocycles. The van der Waals surface area contributed by atoms with Gasteiger partial charge in [-0.2, -0.15) is 0 Å². The molecule has 0 bridgehead atoms. The Labute approximate surface area is 157 Å². The van der Waals surface area contributed by atoms with Gasteiger partial charge in [-0.15, -0.1) is 11.3 Å². The normalized spacial score (nSPS) is 17.4. The number of hydrogen-bond donors (Lipinski definition) is 2. The molecule has 7 nitrogen and oxygen atoms in total. The van der Waals surface area contributed by atoms with Gasteiger partial charge < -0.3 is 10.2 Å². The lowest BCUT2D eigenvalue weighted by Crippen LogP contribution is -2.38. The minimum atomic E-state index is -3.59. The molecule has 1 amide bonds. The smallest absolute Gasteiger partial charge is 0.240 e. The summed E-state index contributed by atoms with van der Waals surface area (Å²) < 4.78 is 26.9. The van der Waals surface area contributed by atoms with Crippen molar-refractivity contribution in [1.29, 1.82) is 0 Å². The highest BCUT2D eigenvalue weighted by atomic mass is 32.2. The second-order valence-electron chi connectivity index (χ2n) is 6.28. The summed E-state index contributed by atoms with van der Waals surface area (Å²) in [7, 11) is -3.59. The molecule has 140 valence electrons. The van der Waals surface area contributed by atoms with E-state index >= 15 is 0 Å². The topological polar surface area (TPSA) is 91.4 Å². The van der Waals surface area contributed by atoms with E-state index in [0.717, 1.165) is 30.2 Å². The first kappa shape index (κ1) is 18.8. The van der Waals surface area contributed by atoms with Gasteiger partial charge in [0.25, 0.3) is 0 Å². The molecule has 1 fully saturated rings. The van der Waals surface area contributed by atoms with Gasteiger partial charge in [0.1, 0.15) is 0 Å². The number of hydrogen-bond acceptors (Lipinski definition) is 6. The fourth-order valence-corrected chi connectivity index (χ4v) is 4.70. The Morgan fingerprint density at radius 2 is 2.27 bits per heavy atom. The molecule has 1 aliphatic heterocycles. The zero-order chi connectivity index (χ0) is 18.6. The minimum Gasteiger partial charge on any atom is -0.351 e. The van der Waals surface area contributed by atoms with E-state index in [1.165, 1.54) is 0 Å². The van der Waals surface area contributed by atoms with Gasteiger partial charge in [0.05, 0.1) is 4.90 Å². The first-order chi connectivity index (χ1) is 12.4. The van der Waals surface area contributed by atoms with Crippen molar-refractivity contribution in [2.75, 3.05) is 24.5 Å². The fraction of sp³-hybridized carbons (Fsp3) is 0.412. The van der Waals surface area contributed by atoms with Gasteiger partial charge in [-0.05, 0) is 31.0 Å². The second-order valence-corrected chi connectivity index (χ2v) is 8.92. The van der Waals surface area contributed by atoms with E-state index < -0.39 is 10.0 Å². The highest BCUT2D eigenvalue weighted by molar-refractivity contribution is 7.89. The lowest BCUT2D eigenvalue weighted by atomic mass is 10.2. The van der Waals surface area contributed by atoms with E-state index in [4.69, 9.17) is 0 Å². The summed E-state index contributed by atoms with van der Waals surface area (Å²) in [6.45, 7) is 3.50. The molecule has 1 aliphatic rings. The molecule has 0 saturated carbocycles. The Morgan fingerprint density at radius 3 is 3.00 bits per heavy atom. The monoisotopic (exact) mass is 394 g/mol. The lowest BCUT2D eigenvalue weighted by molar-refractivity contribution is -0.121. The minimum absolute atomic E-state index is 0.0692. The first-order valence-electron chi connectivity index (χ1n) is 8.44. The van der Waals surface area contributed by atoms with Crippen LogP contribution in [0.15, 0.2) is 40.7 Å². The van der Waals surface area contributed by atoms with Gasteiger partial charge in [0, 0.05) is 43.7 Å². The average Bonchev–Trinajstić information content (AvgIpc) is 3.26. The Morgan fingerprint density at radius 1 is 1.42 bits per heavy atom. The predicted molar refractivity (Wildman–Crippen MR) is 102 cm³/mol. The van der Waals surface area contributed by atoms with Crippen molar-refractivity contribution >= 4 is 32.4 Å². The number of benzene rings is 1. The van der Waals surface area contributed by atoms with E-state index in [0.29, 0.717) is 0 Å². The van der Waals surface area contributed by atoms with Gasteiger partial charge in [-0.1, -0.05) is 12.1 Å². The summed E-state index contributed by atoms with van der Waals surface area (Å²) >= 11 is 1.58. The van der Waals surface area contributed by atoms with Crippen LogP contribution in [-0.2, 0) is 14.8 Å². The molecule has 1 atom stereocenters. The number of anilines is 1. The van der Waals surface area contributed by atoms with Crippen LogP contribution in [0.1, 0.15) is 18.4 Å². The van der Waals surface area contributed by atoms with Crippen molar-refractivity contribution in [3.8, 4) is 0 Å². The number of amides is 1. The van der Waals surface area contributed by atoms with Gasteiger partial charge in [0.2, 0.25) is 15.9 Å². The van der Waals surface area contributed by atoms with Crippen molar-refractivity contribution in [3.05, 3.63) is 41.4 Å². The third-order valence-corrected chi connectivity index (χ3v) is 6.48. The standard InChI is InChI=1S/C17H22N4O3S2/c1-13-3-2-4-15(11-13)26(23,24)19-7-5-16(22)20-14-6-9-21(12-14)17-18-8-10-25-17/h2-4,8,10-11,14,19H,5-7,9,12H2,1H3,(H,20,22)/t14-/m1/s1. The molecular formula is C17H22N4O3S2. The average molecular weight is 395 g/mol. The quantitative estimate of drug-likeness (QED) is 0.743. The number of nitrogens with one attached hydrogen (secondary N) is 2. The van der Waals surface area contributed by atoms with E-state index in [9.17, 15) is 13.2 Å². The molecule has 1 aromatic heterocycles. The number of thiazole rings is 1. The molecule has 2 heterocycles. The van der Waals surface area contributed by atoms with Crippen molar-refractivity contribution in [2.45, 2.75) is 30.7 Å². The van der Waals surface area contributed by atoms with Crippen LogP contribution in [0.4, 0.5) is 5.13 Å². The van der Waals surface area contributed by atoms with Crippen molar-refractivity contribution < 1.29 is 13.2 Å². The van der Waals surface area contributed by atoms with Gasteiger partial charge >= 0.3 is 0 Å². The third-order valence-electron chi connectivity index (χ3n) is 4.19. The molecule has 9 heteroatoms. The number of carbonyl (C=O) groups is 1. The van der Waals surface area contributed by atoms with Crippen molar-refractivity contribution in [1.82, 2.24) is 15.0 Å². The maximum atomic E-state index is 12.2. The molecule has 3 rings (SSSR count). The summed E-state index contributed by atoms with van der Waals surface area (Å²) in [4.78, 5) is 18.7. The van der Waals surface area contributed by atoms with Crippen LogP contribution < -0.4 is 14.9 Å². The summed E-state index contributed by atoms with van der Waals surface area (Å²) in [6, 6.07) is 6.75. The zero-order valence-corrected chi connectivity index (χ0v) is 16.1. The van der Waals surface area contributed by atoms with Crippen LogP contribution >= 0.6 is 11.3 Å². The van der Waals surface area contributed by atoms with E-state index in [1.807, 2.05) is 18.4 Å². The van der Waals surface area contributed by atoms with Crippen LogP contribution in [0.3, 0.4) is 0 Å². The Hall–Kier alpha value is -1.97. The van der Waals surface area contributed by atoms with Crippen molar-refractivity contribution in [2.24, 2.45) is 0 Å². The second kappa shape index (κ2) is 8.15. The molecular weight excluding hydrogens is 372 g/mol. The van der Waals surface area contributed by atoms with Crippen LogP contribution in [0, 0.1) is 6.92 Å². The third kappa shape index (κ3) is 4.80. The number of nitrogens with zero attached hydrogens (tertiary/aromatic N) is 2. The largest absolute Gasteiger partial charge is 0.351 e. The number of carbonyl (C=O) groups excluding carboxylic acids is 1. The van der Waals surface area contributed by atoms with Gasteiger partial charge in [0.15, 0.2) is 5.13 Å². The number of sulfonamides is 1. The lowest BCUT2D eigenvalue weighted by Gasteiger charge is -2.16. The highest BCUT2D eigenvalue weighted by Gasteiger charge is 2.25. The molecule has 2 aromatic rings. The molecule has 0 radical (unpaired) electrons. The van der Waals surface area contributed by atoms with Gasteiger partial charge in [-0.25, -0.2) is 18.1 Å². The van der Waals surface area contributed by atoms with E-state index in [2.05, 4.69) is 19.9 Å². The Bertz CT molecular complexity index is 853. The Balaban J connectivity index is 1.43. The number of rotatable bonds is 7. The van der Waals surface area contributed by atoms with Crippen LogP contribution in [0.5, 0.6) is 0 Å². The Kier molecular flexibility index (Phi) is 5.90. The maximum Gasteiger partial charge on any atom is 0.240 e. The van der Waals surface area contributed by atoms with Gasteiger partial charge in [-0.3, -0.25) is 4.79 Å². The molecule has 0 spiro atoms. The SMILES string of the molecule is Cc1cccc(S(=O)(=O)NCCC(=O)N[C@@H]2CCN(c3nccs3)C2)c1. The molecule has 0 aliphatic carbocycles. The summed E-state index contributed by atoms with van der Waals surface area (Å²) in [5.41, 5.74) is 0.872. The van der Waals surface area contributed by atoms with E-state index in [-0.39, 0.29) is 29.8 Å². The fourth-order valence-electron chi connectivity index (χ4n) is 2.89. The molecule has 2 N–H and O–H groups in total. The zero-order valence-electron chi connectivity index (χ0n) is 14.5. The highest BCUT2D eigenvalue weighted by Crippen LogP contribution is 2.22.